The summed E-state index contributed by atoms with van der Waals surface area (Å²) in [6, 6.07) is 12.9. The van der Waals surface area contributed by atoms with Crippen LogP contribution in [0.25, 0.3) is 27.9 Å². The highest BCUT2D eigenvalue weighted by Crippen LogP contribution is 2.42. The van der Waals surface area contributed by atoms with Gasteiger partial charge in [-0.2, -0.15) is 15.1 Å². The highest BCUT2D eigenvalue weighted by molar-refractivity contribution is 5.82. The van der Waals surface area contributed by atoms with Crippen molar-refractivity contribution in [2.24, 2.45) is 7.05 Å². The van der Waals surface area contributed by atoms with Crippen molar-refractivity contribution in [2.45, 2.75) is 25.7 Å². The van der Waals surface area contributed by atoms with Gasteiger partial charge in [0.25, 0.3) is 11.1 Å². The Kier molecular flexibility index (Phi) is 5.38. The van der Waals surface area contributed by atoms with E-state index in [1.54, 1.807) is 43.3 Å². The van der Waals surface area contributed by atoms with Crippen LogP contribution in [0.15, 0.2) is 70.8 Å². The van der Waals surface area contributed by atoms with Crippen molar-refractivity contribution in [2.75, 3.05) is 6.61 Å². The van der Waals surface area contributed by atoms with Crippen LogP contribution >= 0.6 is 0 Å². The third-order valence-corrected chi connectivity index (χ3v) is 6.04. The predicted molar refractivity (Wildman–Crippen MR) is 128 cm³/mol. The average Bonchev–Trinajstić information content (AvgIpc) is 3.57. The quantitative estimate of drug-likeness (QED) is 0.447. The van der Waals surface area contributed by atoms with Gasteiger partial charge < -0.3 is 9.40 Å². The summed E-state index contributed by atoms with van der Waals surface area (Å²) in [5.41, 5.74) is 4.66. The highest BCUT2D eigenvalue weighted by Gasteiger charge is 2.27. The Morgan fingerprint density at radius 1 is 1.09 bits per heavy atom. The zero-order valence-corrected chi connectivity index (χ0v) is 18.9. The SMILES string of the molecule is CCOn1ccc(-c2cc(=O)n(C)cc2-c2cnn(-c3cccc(C4CC4)c3C#N)c2)cc1=O. The maximum atomic E-state index is 12.5. The van der Waals surface area contributed by atoms with E-state index in [1.807, 2.05) is 24.4 Å². The number of benzene rings is 1. The number of aromatic nitrogens is 4. The van der Waals surface area contributed by atoms with E-state index in [9.17, 15) is 14.9 Å². The zero-order valence-electron chi connectivity index (χ0n) is 18.9. The van der Waals surface area contributed by atoms with E-state index in [4.69, 9.17) is 4.84 Å². The molecule has 3 heterocycles. The van der Waals surface area contributed by atoms with Crippen molar-refractivity contribution in [3.8, 4) is 34.0 Å². The second kappa shape index (κ2) is 8.52. The third kappa shape index (κ3) is 3.82. The first-order chi connectivity index (χ1) is 16.5. The minimum atomic E-state index is -0.322. The van der Waals surface area contributed by atoms with Crippen LogP contribution < -0.4 is 16.0 Å². The molecule has 4 aromatic rings. The molecule has 5 rings (SSSR count). The molecule has 0 unspecified atom stereocenters. The normalized spacial score (nSPS) is 13.0. The van der Waals surface area contributed by atoms with Gasteiger partial charge in [0.15, 0.2) is 0 Å². The molecule has 1 fully saturated rings. The lowest BCUT2D eigenvalue weighted by molar-refractivity contribution is 0.113. The van der Waals surface area contributed by atoms with Crippen LogP contribution in [0.5, 0.6) is 0 Å². The third-order valence-electron chi connectivity index (χ3n) is 6.04. The largest absolute Gasteiger partial charge is 0.411 e. The van der Waals surface area contributed by atoms with Crippen molar-refractivity contribution in [1.82, 2.24) is 19.1 Å². The maximum Gasteiger partial charge on any atom is 0.283 e. The molecule has 34 heavy (non-hydrogen) atoms. The fraction of sp³-hybridized carbons (Fsp3) is 0.231. The van der Waals surface area contributed by atoms with Gasteiger partial charge in [-0.15, -0.1) is 0 Å². The molecule has 0 N–H and O–H groups in total. The maximum absolute atomic E-state index is 12.5. The van der Waals surface area contributed by atoms with Crippen LogP contribution in [0, 0.1) is 11.3 Å². The van der Waals surface area contributed by atoms with Gasteiger partial charge >= 0.3 is 0 Å². The molecule has 0 aliphatic heterocycles. The lowest BCUT2D eigenvalue weighted by Gasteiger charge is -2.12. The first-order valence-electron chi connectivity index (χ1n) is 11.2. The zero-order chi connectivity index (χ0) is 23.8. The Morgan fingerprint density at radius 3 is 2.62 bits per heavy atom. The lowest BCUT2D eigenvalue weighted by atomic mass is 9.99. The number of hydrogen-bond acceptors (Lipinski definition) is 5. The van der Waals surface area contributed by atoms with Gasteiger partial charge in [-0.05, 0) is 54.5 Å². The van der Waals surface area contributed by atoms with Gasteiger partial charge in [0.1, 0.15) is 12.7 Å². The number of hydrogen-bond donors (Lipinski definition) is 0. The second-order valence-corrected chi connectivity index (χ2v) is 8.35. The van der Waals surface area contributed by atoms with E-state index in [-0.39, 0.29) is 11.1 Å². The fourth-order valence-corrected chi connectivity index (χ4v) is 4.18. The molecule has 0 atom stereocenters. The van der Waals surface area contributed by atoms with Crippen molar-refractivity contribution in [1.29, 1.82) is 5.26 Å². The average molecular weight is 454 g/mol. The molecular formula is C26H23N5O3. The molecule has 0 saturated heterocycles. The number of rotatable bonds is 6. The summed E-state index contributed by atoms with van der Waals surface area (Å²) in [6.45, 7) is 2.16. The van der Waals surface area contributed by atoms with Crippen LogP contribution in [-0.2, 0) is 7.05 Å². The molecule has 0 bridgehead atoms. The predicted octanol–water partition coefficient (Wildman–Crippen LogP) is 3.26. The first kappa shape index (κ1) is 21.5. The molecule has 1 saturated carbocycles. The van der Waals surface area contributed by atoms with Crippen molar-refractivity contribution < 1.29 is 4.84 Å². The van der Waals surface area contributed by atoms with Crippen molar-refractivity contribution in [3.63, 3.8) is 0 Å². The Bertz CT molecular complexity index is 1550. The minimum absolute atomic E-state index is 0.191. The first-order valence-corrected chi connectivity index (χ1v) is 11.2. The number of aryl methyl sites for hydroxylation is 1. The second-order valence-electron chi connectivity index (χ2n) is 8.35. The minimum Gasteiger partial charge on any atom is -0.411 e. The van der Waals surface area contributed by atoms with Gasteiger partial charge in [-0.3, -0.25) is 9.59 Å². The highest BCUT2D eigenvalue weighted by atomic mass is 16.7. The Hall–Kier alpha value is -4.38. The Labute approximate surface area is 195 Å². The van der Waals surface area contributed by atoms with E-state index < -0.39 is 0 Å². The number of nitrogens with zero attached hydrogens (tertiary/aromatic N) is 5. The standard InChI is InChI=1S/C26H23N5O3/c1-3-34-31-10-9-18(11-26(31)33)21-12-25(32)29(2)16-23(21)19-14-28-30(15-19)24-6-4-5-20(17-7-8-17)22(24)13-27/h4-6,9-12,14-17H,3,7-8H2,1-2H3. The lowest BCUT2D eigenvalue weighted by Crippen LogP contribution is -2.25. The van der Waals surface area contributed by atoms with E-state index in [2.05, 4.69) is 11.2 Å². The van der Waals surface area contributed by atoms with Gasteiger partial charge in [0, 0.05) is 48.9 Å². The van der Waals surface area contributed by atoms with Crippen LogP contribution in [-0.4, -0.2) is 25.7 Å². The van der Waals surface area contributed by atoms with E-state index in [0.29, 0.717) is 29.2 Å². The Balaban J connectivity index is 1.62. The Morgan fingerprint density at radius 2 is 1.91 bits per heavy atom. The van der Waals surface area contributed by atoms with Gasteiger partial charge in [0.05, 0.1) is 17.4 Å². The van der Waals surface area contributed by atoms with Gasteiger partial charge in [-0.25, -0.2) is 4.68 Å². The summed E-state index contributed by atoms with van der Waals surface area (Å²) in [7, 11) is 1.68. The fourth-order valence-electron chi connectivity index (χ4n) is 4.18. The van der Waals surface area contributed by atoms with E-state index in [1.165, 1.54) is 21.4 Å². The van der Waals surface area contributed by atoms with Crippen molar-refractivity contribution in [3.05, 3.63) is 93.0 Å². The van der Waals surface area contributed by atoms with E-state index >= 15 is 0 Å². The number of nitriles is 1. The molecule has 170 valence electrons. The van der Waals surface area contributed by atoms with Crippen LogP contribution in [0.3, 0.4) is 0 Å². The monoisotopic (exact) mass is 453 g/mol. The molecular weight excluding hydrogens is 430 g/mol. The molecule has 8 nitrogen and oxygen atoms in total. The smallest absolute Gasteiger partial charge is 0.283 e. The summed E-state index contributed by atoms with van der Waals surface area (Å²) in [5, 5.41) is 14.4. The summed E-state index contributed by atoms with van der Waals surface area (Å²) in [4.78, 5) is 30.2. The van der Waals surface area contributed by atoms with Crippen LogP contribution in [0.2, 0.25) is 0 Å². The van der Waals surface area contributed by atoms with Gasteiger partial charge in [-0.1, -0.05) is 12.1 Å². The van der Waals surface area contributed by atoms with Gasteiger partial charge in [0.2, 0.25) is 0 Å². The molecule has 0 amide bonds. The molecule has 0 radical (unpaired) electrons. The van der Waals surface area contributed by atoms with Crippen molar-refractivity contribution >= 4 is 0 Å². The van der Waals surface area contributed by atoms with E-state index in [0.717, 1.165) is 35.2 Å². The summed E-state index contributed by atoms with van der Waals surface area (Å²) < 4.78 is 4.35. The summed E-state index contributed by atoms with van der Waals surface area (Å²) >= 11 is 0. The topological polar surface area (TPSA) is 94.8 Å². The van der Waals surface area contributed by atoms with Crippen LogP contribution in [0.1, 0.15) is 36.8 Å². The molecule has 1 aliphatic carbocycles. The molecule has 1 aromatic carbocycles. The molecule has 1 aliphatic rings. The molecule has 0 spiro atoms. The number of pyridine rings is 2. The van der Waals surface area contributed by atoms with Crippen LogP contribution in [0.4, 0.5) is 0 Å². The summed E-state index contributed by atoms with van der Waals surface area (Å²) in [5.74, 6) is 0.443. The molecule has 8 heteroatoms. The summed E-state index contributed by atoms with van der Waals surface area (Å²) in [6.07, 6.45) is 9.04. The molecule has 3 aromatic heterocycles.